The number of carbonyl (C=O) groups excluding carboxylic acids is 1. The van der Waals surface area contributed by atoms with Gasteiger partial charge in [-0.25, -0.2) is 0 Å². The van der Waals surface area contributed by atoms with E-state index in [-0.39, 0.29) is 11.8 Å². The van der Waals surface area contributed by atoms with Crippen molar-refractivity contribution < 1.29 is 4.79 Å². The first-order valence-corrected chi connectivity index (χ1v) is 6.71. The molecule has 0 fully saturated rings. The number of hydrogen-bond acceptors (Lipinski definition) is 2. The maximum atomic E-state index is 12.3. The number of carbonyl (C=O) groups is 1. The van der Waals surface area contributed by atoms with Gasteiger partial charge in [0.15, 0.2) is 0 Å². The second-order valence-corrected chi connectivity index (χ2v) is 4.72. The summed E-state index contributed by atoms with van der Waals surface area (Å²) in [7, 11) is 0. The van der Waals surface area contributed by atoms with Gasteiger partial charge in [-0.05, 0) is 24.9 Å². The third-order valence-corrected chi connectivity index (χ3v) is 3.04. The predicted octanol–water partition coefficient (Wildman–Crippen LogP) is 2.41. The van der Waals surface area contributed by atoms with Crippen LogP contribution in [-0.2, 0) is 11.3 Å². The second-order valence-electron chi connectivity index (χ2n) is 4.72. The van der Waals surface area contributed by atoms with E-state index in [1.54, 1.807) is 0 Å². The molecule has 2 N–H and O–H groups in total. The molecule has 3 nitrogen and oxygen atoms in total. The summed E-state index contributed by atoms with van der Waals surface area (Å²) in [5.74, 6) is 0.233. The Balaban J connectivity index is 2.67. The van der Waals surface area contributed by atoms with Crippen LogP contribution in [0.1, 0.15) is 32.3 Å². The fraction of sp³-hybridized carbons (Fsp3) is 0.533. The first-order chi connectivity index (χ1) is 8.69. The summed E-state index contributed by atoms with van der Waals surface area (Å²) in [6.45, 7) is 6.13. The molecule has 0 spiro atoms. The Labute approximate surface area is 110 Å². The Bertz CT molecular complexity index is 351. The third kappa shape index (κ3) is 4.49. The van der Waals surface area contributed by atoms with Crippen LogP contribution in [0.5, 0.6) is 0 Å². The van der Waals surface area contributed by atoms with E-state index in [4.69, 9.17) is 5.73 Å². The summed E-state index contributed by atoms with van der Waals surface area (Å²) >= 11 is 0. The third-order valence-electron chi connectivity index (χ3n) is 3.04. The molecule has 1 amide bonds. The number of hydrogen-bond donors (Lipinski definition) is 1. The van der Waals surface area contributed by atoms with E-state index in [1.807, 2.05) is 30.0 Å². The largest absolute Gasteiger partial charge is 0.338 e. The van der Waals surface area contributed by atoms with Crippen molar-refractivity contribution >= 4 is 5.91 Å². The molecule has 0 aromatic heterocycles. The number of nitrogens with zero attached hydrogens (tertiary/aromatic N) is 1. The molecule has 1 atom stereocenters. The molecule has 1 unspecified atom stereocenters. The minimum Gasteiger partial charge on any atom is -0.338 e. The fourth-order valence-corrected chi connectivity index (χ4v) is 2.03. The average Bonchev–Trinajstić information content (AvgIpc) is 2.39. The molecule has 0 aliphatic carbocycles. The quantitative estimate of drug-likeness (QED) is 0.805. The summed E-state index contributed by atoms with van der Waals surface area (Å²) in [5.41, 5.74) is 6.70. The molecule has 0 aliphatic heterocycles. The topological polar surface area (TPSA) is 46.3 Å². The summed E-state index contributed by atoms with van der Waals surface area (Å²) in [6.07, 6.45) is 1.74. The van der Waals surface area contributed by atoms with Gasteiger partial charge < -0.3 is 10.6 Å². The molecule has 0 saturated carbocycles. The Kier molecular flexibility index (Phi) is 6.44. The summed E-state index contributed by atoms with van der Waals surface area (Å²) in [5, 5.41) is 0. The van der Waals surface area contributed by atoms with Gasteiger partial charge in [-0.3, -0.25) is 4.79 Å². The molecule has 0 heterocycles. The minimum atomic E-state index is 0.0188. The molecular weight excluding hydrogens is 224 g/mol. The van der Waals surface area contributed by atoms with Gasteiger partial charge >= 0.3 is 0 Å². The maximum absolute atomic E-state index is 12.3. The highest BCUT2D eigenvalue weighted by Crippen LogP contribution is 2.11. The molecule has 1 aromatic carbocycles. The van der Waals surface area contributed by atoms with Crippen LogP contribution in [0.2, 0.25) is 0 Å². The zero-order valence-corrected chi connectivity index (χ0v) is 11.4. The lowest BCUT2D eigenvalue weighted by Gasteiger charge is -2.25. The van der Waals surface area contributed by atoms with E-state index in [1.165, 1.54) is 5.56 Å². The van der Waals surface area contributed by atoms with Crippen molar-refractivity contribution in [1.29, 1.82) is 0 Å². The van der Waals surface area contributed by atoms with Crippen molar-refractivity contribution in [3.63, 3.8) is 0 Å². The van der Waals surface area contributed by atoms with E-state index in [9.17, 15) is 4.79 Å². The molecular formula is C15H24N2O. The normalized spacial score (nSPS) is 12.2. The summed E-state index contributed by atoms with van der Waals surface area (Å²) in [4.78, 5) is 14.2. The van der Waals surface area contributed by atoms with E-state index < -0.39 is 0 Å². The van der Waals surface area contributed by atoms with Gasteiger partial charge in [-0.15, -0.1) is 0 Å². The Morgan fingerprint density at radius 3 is 2.56 bits per heavy atom. The van der Waals surface area contributed by atoms with Crippen LogP contribution in [-0.4, -0.2) is 23.9 Å². The Morgan fingerprint density at radius 2 is 2.00 bits per heavy atom. The van der Waals surface area contributed by atoms with Crippen LogP contribution >= 0.6 is 0 Å². The monoisotopic (exact) mass is 248 g/mol. The zero-order valence-electron chi connectivity index (χ0n) is 11.4. The molecule has 1 aromatic rings. The predicted molar refractivity (Wildman–Crippen MR) is 75.0 cm³/mol. The average molecular weight is 248 g/mol. The molecule has 100 valence electrons. The van der Waals surface area contributed by atoms with E-state index in [0.717, 1.165) is 19.4 Å². The molecule has 0 saturated heterocycles. The lowest BCUT2D eigenvalue weighted by atomic mass is 10.1. The summed E-state index contributed by atoms with van der Waals surface area (Å²) in [6, 6.07) is 10.1. The van der Waals surface area contributed by atoms with Crippen molar-refractivity contribution in [2.45, 2.75) is 33.2 Å². The van der Waals surface area contributed by atoms with Gasteiger partial charge in [-0.2, -0.15) is 0 Å². The highest BCUT2D eigenvalue weighted by Gasteiger charge is 2.19. The highest BCUT2D eigenvalue weighted by atomic mass is 16.2. The number of rotatable bonds is 7. The lowest BCUT2D eigenvalue weighted by molar-refractivity contribution is -0.135. The van der Waals surface area contributed by atoms with Crippen molar-refractivity contribution in [3.05, 3.63) is 35.9 Å². The van der Waals surface area contributed by atoms with Crippen LogP contribution in [0.3, 0.4) is 0 Å². The van der Waals surface area contributed by atoms with Gasteiger partial charge in [0.25, 0.3) is 0 Å². The van der Waals surface area contributed by atoms with Crippen LogP contribution in [0.25, 0.3) is 0 Å². The number of nitrogens with two attached hydrogens (primary N) is 1. The van der Waals surface area contributed by atoms with Crippen LogP contribution in [0.4, 0.5) is 0 Å². The van der Waals surface area contributed by atoms with Gasteiger partial charge in [0.05, 0.1) is 0 Å². The number of amides is 1. The summed E-state index contributed by atoms with van der Waals surface area (Å²) < 4.78 is 0. The van der Waals surface area contributed by atoms with Gasteiger partial charge in [0.2, 0.25) is 5.91 Å². The minimum absolute atomic E-state index is 0.0188. The van der Waals surface area contributed by atoms with Crippen LogP contribution in [0.15, 0.2) is 30.3 Å². The fourth-order valence-electron chi connectivity index (χ4n) is 2.03. The molecule has 0 bridgehead atoms. The Morgan fingerprint density at radius 1 is 1.33 bits per heavy atom. The van der Waals surface area contributed by atoms with Crippen molar-refractivity contribution in [2.24, 2.45) is 11.7 Å². The van der Waals surface area contributed by atoms with Crippen molar-refractivity contribution in [2.75, 3.05) is 13.1 Å². The molecule has 3 heteroatoms. The van der Waals surface area contributed by atoms with E-state index in [2.05, 4.69) is 19.1 Å². The standard InChI is InChI=1S/C15H24N2O/c1-3-11-17(15(18)13(2)9-10-16)12-14-7-5-4-6-8-14/h4-8,13H,3,9-12,16H2,1-2H3. The first-order valence-electron chi connectivity index (χ1n) is 6.71. The van der Waals surface area contributed by atoms with Gasteiger partial charge in [0, 0.05) is 19.0 Å². The number of benzene rings is 1. The van der Waals surface area contributed by atoms with Gasteiger partial charge in [0.1, 0.15) is 0 Å². The van der Waals surface area contributed by atoms with E-state index >= 15 is 0 Å². The Hall–Kier alpha value is -1.35. The lowest BCUT2D eigenvalue weighted by Crippen LogP contribution is -2.36. The van der Waals surface area contributed by atoms with Crippen molar-refractivity contribution in [1.82, 2.24) is 4.90 Å². The van der Waals surface area contributed by atoms with E-state index in [0.29, 0.717) is 13.1 Å². The first kappa shape index (κ1) is 14.7. The molecule has 18 heavy (non-hydrogen) atoms. The molecule has 0 radical (unpaired) electrons. The smallest absolute Gasteiger partial charge is 0.225 e. The van der Waals surface area contributed by atoms with Crippen LogP contribution < -0.4 is 5.73 Å². The molecule has 1 rings (SSSR count). The SMILES string of the molecule is CCCN(Cc1ccccc1)C(=O)C(C)CCN. The van der Waals surface area contributed by atoms with Crippen molar-refractivity contribution in [3.8, 4) is 0 Å². The zero-order chi connectivity index (χ0) is 13.4. The van der Waals surface area contributed by atoms with Gasteiger partial charge in [-0.1, -0.05) is 44.2 Å². The maximum Gasteiger partial charge on any atom is 0.225 e. The van der Waals surface area contributed by atoms with Crippen LogP contribution in [0, 0.1) is 5.92 Å². The highest BCUT2D eigenvalue weighted by molar-refractivity contribution is 5.78. The second kappa shape index (κ2) is 7.88. The molecule has 0 aliphatic rings.